The summed E-state index contributed by atoms with van der Waals surface area (Å²) in [6.07, 6.45) is 4.60. The summed E-state index contributed by atoms with van der Waals surface area (Å²) in [4.78, 5) is 5.88. The van der Waals surface area contributed by atoms with Gasteiger partial charge in [-0.2, -0.15) is 16.9 Å². The number of thioether (sulfide) groups is 2. The minimum atomic E-state index is -0.627. The second kappa shape index (κ2) is 9.75. The Kier molecular flexibility index (Phi) is 8.36. The molecule has 9 heteroatoms. The quantitative estimate of drug-likeness (QED) is 0.329. The van der Waals surface area contributed by atoms with Gasteiger partial charge in [0, 0.05) is 29.5 Å². The van der Waals surface area contributed by atoms with Crippen LogP contribution in [0.25, 0.3) is 4.91 Å². The molecule has 0 aliphatic rings. The first-order valence-electron chi connectivity index (χ1n) is 6.21. The van der Waals surface area contributed by atoms with Crippen LogP contribution in [0.2, 0.25) is 0 Å². The van der Waals surface area contributed by atoms with Crippen LogP contribution in [0.5, 0.6) is 0 Å². The average Bonchev–Trinajstić information content (AvgIpc) is 2.51. The van der Waals surface area contributed by atoms with Gasteiger partial charge in [0.05, 0.1) is 12.8 Å². The van der Waals surface area contributed by atoms with Crippen LogP contribution in [-0.2, 0) is 4.74 Å². The predicted octanol–water partition coefficient (Wildman–Crippen LogP) is 3.84. The highest BCUT2D eigenvalue weighted by atomic mass is 32.2. The van der Waals surface area contributed by atoms with Crippen LogP contribution in [0, 0.1) is 11.3 Å². The number of halogens is 1. The van der Waals surface area contributed by atoms with Crippen molar-refractivity contribution in [1.29, 1.82) is 5.53 Å². The van der Waals surface area contributed by atoms with Crippen molar-refractivity contribution in [3.05, 3.63) is 36.4 Å². The topological polar surface area (TPSA) is 61.6 Å². The van der Waals surface area contributed by atoms with E-state index in [1.165, 1.54) is 24.0 Å². The number of rotatable bonds is 8. The molecule has 0 bridgehead atoms. The normalized spacial score (nSPS) is 11.6. The summed E-state index contributed by atoms with van der Waals surface area (Å²) < 4.78 is 18.6. The summed E-state index contributed by atoms with van der Waals surface area (Å²) >= 11 is 7.99. The lowest BCUT2D eigenvalue weighted by Crippen LogP contribution is -2.34. The molecule has 22 heavy (non-hydrogen) atoms. The Balaban J connectivity index is 2.65. The third-order valence-corrected chi connectivity index (χ3v) is 4.65. The van der Waals surface area contributed by atoms with E-state index in [0.29, 0.717) is 17.1 Å². The maximum Gasteiger partial charge on any atom is 0.261 e. The summed E-state index contributed by atoms with van der Waals surface area (Å²) in [6.45, 7) is 4.36. The van der Waals surface area contributed by atoms with Gasteiger partial charge in [0.1, 0.15) is 5.82 Å². The summed E-state index contributed by atoms with van der Waals surface area (Å²) in [5.41, 5.74) is 7.22. The molecule has 0 spiro atoms. The molecule has 1 atom stereocenters. The van der Waals surface area contributed by atoms with E-state index < -0.39 is 11.3 Å². The van der Waals surface area contributed by atoms with Gasteiger partial charge >= 0.3 is 0 Å². The highest BCUT2D eigenvalue weighted by molar-refractivity contribution is 8.08. The van der Waals surface area contributed by atoms with Gasteiger partial charge in [-0.1, -0.05) is 18.3 Å². The number of nitrogens with zero attached hydrogens (tertiary/aromatic N) is 3. The number of pyridine rings is 1. The van der Waals surface area contributed by atoms with Crippen molar-refractivity contribution >= 4 is 45.8 Å². The van der Waals surface area contributed by atoms with E-state index in [0.717, 1.165) is 11.9 Å². The minimum Gasteiger partial charge on any atom is -0.470 e. The fourth-order valence-electron chi connectivity index (χ4n) is 1.36. The molecule has 1 rings (SSSR count). The number of ether oxygens (including phenoxy) is 1. The Hall–Kier alpha value is -1.19. The van der Waals surface area contributed by atoms with Crippen molar-refractivity contribution in [3.8, 4) is 0 Å². The highest BCUT2D eigenvalue weighted by Gasteiger charge is 2.20. The van der Waals surface area contributed by atoms with Crippen LogP contribution >= 0.6 is 35.7 Å². The second-order valence-corrected chi connectivity index (χ2v) is 6.59. The molecule has 0 amide bonds. The maximum absolute atomic E-state index is 13.2. The molecule has 1 aromatic rings. The zero-order chi connectivity index (χ0) is 16.5. The molecule has 1 heterocycles. The number of hydrogen-bond donors (Lipinski definition) is 1. The van der Waals surface area contributed by atoms with E-state index in [1.807, 2.05) is 6.26 Å². The maximum atomic E-state index is 13.2. The van der Waals surface area contributed by atoms with Gasteiger partial charge in [0.25, 0.3) is 5.17 Å². The van der Waals surface area contributed by atoms with Crippen molar-refractivity contribution in [2.24, 2.45) is 5.11 Å². The van der Waals surface area contributed by atoms with Gasteiger partial charge in [-0.15, -0.1) is 0 Å². The van der Waals surface area contributed by atoms with Gasteiger partial charge in [0.15, 0.2) is 5.50 Å². The summed E-state index contributed by atoms with van der Waals surface area (Å²) in [6, 6.07) is 1.33. The first-order chi connectivity index (χ1) is 10.5. The third kappa shape index (κ3) is 5.90. The molecule has 5 nitrogen and oxygen atoms in total. The number of thiocarbonyl (C=S) groups is 1. The predicted molar refractivity (Wildman–Crippen MR) is 94.5 cm³/mol. The highest BCUT2D eigenvalue weighted by Crippen LogP contribution is 2.31. The summed E-state index contributed by atoms with van der Waals surface area (Å²) in [5.74, 6) is 0.383. The molecule has 1 aromatic heterocycles. The Labute approximate surface area is 143 Å². The first kappa shape index (κ1) is 18.9. The van der Waals surface area contributed by atoms with Gasteiger partial charge in [-0.05, 0) is 24.5 Å². The molecule has 0 radical (unpaired) electrons. The van der Waals surface area contributed by atoms with Gasteiger partial charge in [0.2, 0.25) is 0 Å². The molecule has 120 valence electrons. The molecule has 0 saturated heterocycles. The number of hydrogen-bond acceptors (Lipinski definition) is 7. The van der Waals surface area contributed by atoms with Crippen molar-refractivity contribution in [2.75, 3.05) is 25.7 Å². The number of nitrogens with one attached hydrogen (secondary N) is 1. The van der Waals surface area contributed by atoms with Crippen LogP contribution in [0.4, 0.5) is 4.39 Å². The third-order valence-electron chi connectivity index (χ3n) is 2.52. The Morgan fingerprint density at radius 3 is 2.95 bits per heavy atom. The van der Waals surface area contributed by atoms with Gasteiger partial charge in [-0.3, -0.25) is 4.98 Å². The van der Waals surface area contributed by atoms with E-state index in [2.05, 4.69) is 16.7 Å². The largest absolute Gasteiger partial charge is 0.470 e. The van der Waals surface area contributed by atoms with Crippen LogP contribution < -0.4 is 0 Å². The fraction of sp³-hybridized carbons (Fsp3) is 0.385. The Bertz CT molecular complexity index is 544. The van der Waals surface area contributed by atoms with E-state index in [9.17, 15) is 4.39 Å². The van der Waals surface area contributed by atoms with Crippen LogP contribution in [0.15, 0.2) is 30.2 Å². The van der Waals surface area contributed by atoms with Crippen molar-refractivity contribution in [1.82, 2.24) is 9.88 Å². The lowest BCUT2D eigenvalue weighted by atomic mass is 10.3. The SMILES string of the molecule is C=C(SC(N=N)N(C)C(=S)OCCSC)c1cncc(F)c1. The molecule has 0 fully saturated rings. The molecular formula is C13H17FN4OS3. The van der Waals surface area contributed by atoms with E-state index >= 15 is 0 Å². The van der Waals surface area contributed by atoms with Crippen LogP contribution in [-0.4, -0.2) is 46.2 Å². The summed E-state index contributed by atoms with van der Waals surface area (Å²) in [7, 11) is 1.69. The standard InChI is InChI=1S/C13H17FN4OS3/c1-9(10-6-11(14)8-16-7-10)22-12(17-15)18(2)13(20)19-4-5-21-3/h6-8,12,15H,1,4-5H2,2-3H3. The number of aromatic nitrogens is 1. The van der Waals surface area contributed by atoms with Crippen LogP contribution in [0.3, 0.4) is 0 Å². The van der Waals surface area contributed by atoms with Crippen molar-refractivity contribution in [3.63, 3.8) is 0 Å². The van der Waals surface area contributed by atoms with E-state index in [-0.39, 0.29) is 5.17 Å². The monoisotopic (exact) mass is 360 g/mol. The smallest absolute Gasteiger partial charge is 0.261 e. The zero-order valence-corrected chi connectivity index (χ0v) is 14.7. The fourth-order valence-corrected chi connectivity index (χ4v) is 2.66. The molecule has 1 N–H and O–H groups in total. The summed E-state index contributed by atoms with van der Waals surface area (Å²) in [5, 5.41) is 3.77. The second-order valence-electron chi connectivity index (χ2n) is 4.11. The van der Waals surface area contributed by atoms with Crippen molar-refractivity contribution < 1.29 is 9.13 Å². The van der Waals surface area contributed by atoms with Crippen molar-refractivity contribution in [2.45, 2.75) is 5.50 Å². The lowest BCUT2D eigenvalue weighted by Gasteiger charge is -2.25. The van der Waals surface area contributed by atoms with E-state index in [1.54, 1.807) is 23.7 Å². The molecule has 0 aliphatic carbocycles. The molecule has 0 saturated carbocycles. The zero-order valence-electron chi connectivity index (χ0n) is 12.3. The molecule has 0 aromatic carbocycles. The average molecular weight is 361 g/mol. The van der Waals surface area contributed by atoms with E-state index in [4.69, 9.17) is 22.5 Å². The Morgan fingerprint density at radius 1 is 1.64 bits per heavy atom. The lowest BCUT2D eigenvalue weighted by molar-refractivity contribution is 0.268. The Morgan fingerprint density at radius 2 is 2.36 bits per heavy atom. The van der Waals surface area contributed by atoms with Gasteiger partial charge < -0.3 is 9.64 Å². The van der Waals surface area contributed by atoms with Gasteiger partial charge in [-0.25, -0.2) is 9.92 Å². The molecule has 1 unspecified atom stereocenters. The molecule has 0 aliphatic heterocycles. The van der Waals surface area contributed by atoms with Crippen LogP contribution in [0.1, 0.15) is 5.56 Å². The minimum absolute atomic E-state index is 0.257. The molecular weight excluding hydrogens is 343 g/mol. The first-order valence-corrected chi connectivity index (χ1v) is 8.89.